The van der Waals surface area contributed by atoms with Crippen molar-refractivity contribution in [2.75, 3.05) is 13.2 Å². The minimum Gasteiger partial charge on any atom is -0.459 e. The van der Waals surface area contributed by atoms with Gasteiger partial charge in [0.1, 0.15) is 11.2 Å². The number of hydrogen-bond donors (Lipinski definition) is 0. The van der Waals surface area contributed by atoms with E-state index in [1.807, 2.05) is 55.4 Å². The van der Waals surface area contributed by atoms with Gasteiger partial charge in [0.15, 0.2) is 0 Å². The Morgan fingerprint density at radius 3 is 1.10 bits per heavy atom. The highest BCUT2D eigenvalue weighted by atomic mass is 16.6. The molecule has 0 radical (unpaired) electrons. The van der Waals surface area contributed by atoms with Crippen LogP contribution in [-0.2, 0) is 28.5 Å². The largest absolute Gasteiger partial charge is 0.459 e. The molecular formula is C34H66O6. The van der Waals surface area contributed by atoms with Crippen molar-refractivity contribution in [3.8, 4) is 0 Å². The second-order valence-electron chi connectivity index (χ2n) is 13.9. The predicted molar refractivity (Wildman–Crippen MR) is 165 cm³/mol. The molecule has 40 heavy (non-hydrogen) atoms. The first-order valence-electron chi connectivity index (χ1n) is 16.0. The molecule has 0 spiro atoms. The van der Waals surface area contributed by atoms with Gasteiger partial charge in [-0.25, -0.2) is 0 Å². The maximum Gasteiger partial charge on any atom is 0.312 e. The van der Waals surface area contributed by atoms with Gasteiger partial charge in [-0.15, -0.1) is 0 Å². The van der Waals surface area contributed by atoms with Gasteiger partial charge in [0.05, 0.1) is 35.2 Å². The Bertz CT molecular complexity index is 768. The van der Waals surface area contributed by atoms with Crippen molar-refractivity contribution in [2.24, 2.45) is 10.8 Å². The van der Waals surface area contributed by atoms with Crippen LogP contribution < -0.4 is 0 Å². The first-order valence-corrected chi connectivity index (χ1v) is 16.0. The first-order chi connectivity index (χ1) is 18.3. The van der Waals surface area contributed by atoms with Gasteiger partial charge < -0.3 is 18.9 Å². The molecule has 0 amide bonds. The van der Waals surface area contributed by atoms with Crippen LogP contribution in [-0.4, -0.2) is 47.6 Å². The molecule has 3 atom stereocenters. The Balaban J connectivity index is 5.46. The van der Waals surface area contributed by atoms with Crippen molar-refractivity contribution in [2.45, 2.75) is 184 Å². The quantitative estimate of drug-likeness (QED) is 0.128. The molecule has 0 aromatic carbocycles. The highest BCUT2D eigenvalue weighted by molar-refractivity contribution is 5.80. The number of carbonyl (C=O) groups is 2. The Morgan fingerprint density at radius 2 is 0.800 bits per heavy atom. The van der Waals surface area contributed by atoms with Crippen LogP contribution in [0.25, 0.3) is 0 Å². The summed E-state index contributed by atoms with van der Waals surface area (Å²) < 4.78 is 24.7. The van der Waals surface area contributed by atoms with E-state index in [1.54, 1.807) is 0 Å². The molecule has 6 nitrogen and oxygen atoms in total. The average Bonchev–Trinajstić information content (AvgIpc) is 2.92. The minimum absolute atomic E-state index is 0.161. The normalized spacial score (nSPS) is 17.4. The fourth-order valence-corrected chi connectivity index (χ4v) is 4.63. The number of hydrogen-bond acceptors (Lipinski definition) is 6. The zero-order chi connectivity index (χ0) is 31.5. The van der Waals surface area contributed by atoms with Crippen LogP contribution >= 0.6 is 0 Å². The summed E-state index contributed by atoms with van der Waals surface area (Å²) in [6, 6.07) is 0. The molecule has 0 aromatic rings. The molecule has 0 heterocycles. The molecule has 0 fully saturated rings. The van der Waals surface area contributed by atoms with Gasteiger partial charge in [0, 0.05) is 12.8 Å². The SMILES string of the molecule is CCC(C)(CC)OCCC(C)(CC)OC(=O)C(C)(C)CC(C)(CC)C(=O)OC(C)(CC)CCOC(C)(CC)CC. The van der Waals surface area contributed by atoms with Crippen molar-refractivity contribution in [3.05, 3.63) is 0 Å². The van der Waals surface area contributed by atoms with Crippen LogP contribution in [0.2, 0.25) is 0 Å². The smallest absolute Gasteiger partial charge is 0.312 e. The summed E-state index contributed by atoms with van der Waals surface area (Å²) in [5, 5.41) is 0. The molecule has 0 saturated carbocycles. The summed E-state index contributed by atoms with van der Waals surface area (Å²) in [5.41, 5.74) is -3.27. The van der Waals surface area contributed by atoms with Crippen molar-refractivity contribution in [3.63, 3.8) is 0 Å². The van der Waals surface area contributed by atoms with E-state index in [9.17, 15) is 9.59 Å². The molecule has 0 aliphatic carbocycles. The number of ether oxygens (including phenoxy) is 4. The molecule has 0 rings (SSSR count). The number of rotatable bonds is 21. The average molecular weight is 571 g/mol. The zero-order valence-corrected chi connectivity index (χ0v) is 28.9. The molecule has 0 aromatic heterocycles. The van der Waals surface area contributed by atoms with Gasteiger partial charge >= 0.3 is 11.9 Å². The van der Waals surface area contributed by atoms with E-state index in [4.69, 9.17) is 18.9 Å². The predicted octanol–water partition coefficient (Wildman–Crippen LogP) is 9.21. The summed E-state index contributed by atoms with van der Waals surface area (Å²) >= 11 is 0. The van der Waals surface area contributed by atoms with Crippen LogP contribution in [0.5, 0.6) is 0 Å². The fraction of sp³-hybridized carbons (Fsp3) is 0.941. The van der Waals surface area contributed by atoms with Crippen molar-refractivity contribution in [1.82, 2.24) is 0 Å². The molecule has 0 bridgehead atoms. The molecule has 0 aliphatic rings. The van der Waals surface area contributed by atoms with E-state index >= 15 is 0 Å². The standard InChI is InChI=1S/C34H66O6/c1-15-30(10,28(36)40-34(14,21-7)23-25-38-32(12,18-4)19-5)26-29(8,9)27(35)39-33(13,20-6)22-24-37-31(11,16-2)17-3/h15-26H2,1-14H3. The summed E-state index contributed by atoms with van der Waals surface area (Å²) in [7, 11) is 0. The summed E-state index contributed by atoms with van der Waals surface area (Å²) in [6.07, 6.45) is 7.28. The van der Waals surface area contributed by atoms with E-state index in [-0.39, 0.29) is 23.1 Å². The third-order valence-electron chi connectivity index (χ3n) is 9.99. The lowest BCUT2D eigenvalue weighted by atomic mass is 9.72. The third kappa shape index (κ3) is 11.6. The molecule has 6 heteroatoms. The van der Waals surface area contributed by atoms with Gasteiger partial charge in [-0.1, -0.05) is 48.5 Å². The third-order valence-corrected chi connectivity index (χ3v) is 9.99. The van der Waals surface area contributed by atoms with Crippen LogP contribution in [0, 0.1) is 10.8 Å². The van der Waals surface area contributed by atoms with Gasteiger partial charge in [-0.3, -0.25) is 9.59 Å². The van der Waals surface area contributed by atoms with Crippen LogP contribution in [0.1, 0.15) is 161 Å². The zero-order valence-electron chi connectivity index (χ0n) is 28.9. The van der Waals surface area contributed by atoms with E-state index in [0.717, 1.165) is 25.7 Å². The first kappa shape index (κ1) is 38.9. The lowest BCUT2D eigenvalue weighted by Gasteiger charge is -2.39. The molecule has 3 unspecified atom stereocenters. The van der Waals surface area contributed by atoms with Crippen molar-refractivity contribution >= 4 is 11.9 Å². The fourth-order valence-electron chi connectivity index (χ4n) is 4.63. The van der Waals surface area contributed by atoms with E-state index < -0.39 is 22.0 Å². The van der Waals surface area contributed by atoms with Crippen LogP contribution in [0.3, 0.4) is 0 Å². The summed E-state index contributed by atoms with van der Waals surface area (Å²) in [4.78, 5) is 27.2. The molecule has 0 aliphatic heterocycles. The Hall–Kier alpha value is -1.14. The van der Waals surface area contributed by atoms with Gasteiger partial charge in [0.2, 0.25) is 0 Å². The van der Waals surface area contributed by atoms with E-state index in [0.29, 0.717) is 51.7 Å². The monoisotopic (exact) mass is 570 g/mol. The van der Waals surface area contributed by atoms with Crippen molar-refractivity contribution in [1.29, 1.82) is 0 Å². The number of esters is 2. The highest BCUT2D eigenvalue weighted by Gasteiger charge is 2.46. The molecule has 0 saturated heterocycles. The second-order valence-corrected chi connectivity index (χ2v) is 13.9. The van der Waals surface area contributed by atoms with Gasteiger partial charge in [-0.2, -0.15) is 0 Å². The van der Waals surface area contributed by atoms with E-state index in [2.05, 4.69) is 41.5 Å². The van der Waals surface area contributed by atoms with Gasteiger partial charge in [0.25, 0.3) is 0 Å². The maximum absolute atomic E-state index is 13.6. The van der Waals surface area contributed by atoms with Gasteiger partial charge in [-0.05, 0) is 99.8 Å². The van der Waals surface area contributed by atoms with Crippen LogP contribution in [0.4, 0.5) is 0 Å². The lowest BCUT2D eigenvalue weighted by Crippen LogP contribution is -2.45. The maximum atomic E-state index is 13.6. The molecule has 238 valence electrons. The number of carbonyl (C=O) groups excluding carboxylic acids is 2. The minimum atomic E-state index is -0.863. The summed E-state index contributed by atoms with van der Waals surface area (Å²) in [5.74, 6) is -0.554. The van der Waals surface area contributed by atoms with E-state index in [1.165, 1.54) is 0 Å². The molecule has 0 N–H and O–H groups in total. The summed E-state index contributed by atoms with van der Waals surface area (Å²) in [6.45, 7) is 29.5. The highest BCUT2D eigenvalue weighted by Crippen LogP contribution is 2.41. The van der Waals surface area contributed by atoms with Crippen molar-refractivity contribution < 1.29 is 28.5 Å². The topological polar surface area (TPSA) is 71.1 Å². The Morgan fingerprint density at radius 1 is 0.475 bits per heavy atom. The lowest BCUT2D eigenvalue weighted by molar-refractivity contribution is -0.181. The Labute approximate surface area is 248 Å². The molecular weight excluding hydrogens is 504 g/mol. The van der Waals surface area contributed by atoms with Crippen LogP contribution in [0.15, 0.2) is 0 Å². The Kier molecular flexibility index (Phi) is 15.5. The second kappa shape index (κ2) is 15.9.